The number of fused-ring (bicyclic) bond motifs is 1. The van der Waals surface area contributed by atoms with Crippen molar-refractivity contribution in [2.75, 3.05) is 0 Å². The molecule has 0 atom stereocenters. The number of carbonyl (C=O) groups is 1. The van der Waals surface area contributed by atoms with Crippen LogP contribution in [0.15, 0.2) is 72.0 Å². The van der Waals surface area contributed by atoms with Gasteiger partial charge in [-0.2, -0.15) is 5.10 Å². The Morgan fingerprint density at radius 2 is 1.81 bits per heavy atom. The second-order valence-corrected chi connectivity index (χ2v) is 8.38. The van der Waals surface area contributed by atoms with E-state index in [-0.39, 0.29) is 5.91 Å². The molecule has 3 aromatic carbocycles. The van der Waals surface area contributed by atoms with Crippen LogP contribution in [0.5, 0.6) is 0 Å². The van der Waals surface area contributed by atoms with Crippen molar-refractivity contribution < 1.29 is 4.79 Å². The topological polar surface area (TPSA) is 46.4 Å². The quantitative estimate of drug-likeness (QED) is 0.255. The number of aryl methyl sites for hydroxylation is 1. The minimum atomic E-state index is -0.360. The number of halogens is 3. The van der Waals surface area contributed by atoms with Crippen molar-refractivity contribution in [3.05, 3.63) is 104 Å². The van der Waals surface area contributed by atoms with Gasteiger partial charge in [-0.1, -0.05) is 65.1 Å². The summed E-state index contributed by atoms with van der Waals surface area (Å²) in [6.07, 6.45) is 3.62. The lowest BCUT2D eigenvalue weighted by Crippen LogP contribution is -2.18. The highest BCUT2D eigenvalue weighted by Crippen LogP contribution is 2.25. The molecule has 1 amide bonds. The zero-order valence-electron chi connectivity index (χ0n) is 16.6. The maximum Gasteiger partial charge on any atom is 0.272 e. The number of benzene rings is 3. The van der Waals surface area contributed by atoms with Gasteiger partial charge in [-0.3, -0.25) is 4.79 Å². The normalized spacial score (nSPS) is 11.4. The molecule has 0 spiro atoms. The number of hydrazone groups is 1. The molecular weight excluding hydrogens is 453 g/mol. The van der Waals surface area contributed by atoms with Crippen LogP contribution in [0, 0.1) is 6.92 Å². The van der Waals surface area contributed by atoms with Crippen LogP contribution < -0.4 is 5.43 Å². The Kier molecular flexibility index (Phi) is 6.33. The van der Waals surface area contributed by atoms with Gasteiger partial charge in [-0.25, -0.2) is 5.43 Å². The second kappa shape index (κ2) is 9.15. The Hall–Kier alpha value is -2.79. The molecule has 156 valence electrons. The van der Waals surface area contributed by atoms with Gasteiger partial charge in [-0.15, -0.1) is 0 Å². The number of hydrogen-bond acceptors (Lipinski definition) is 2. The predicted octanol–water partition coefficient (Wildman–Crippen LogP) is 6.72. The summed E-state index contributed by atoms with van der Waals surface area (Å²) in [4.78, 5) is 12.4. The third kappa shape index (κ3) is 4.77. The zero-order chi connectivity index (χ0) is 22.0. The van der Waals surface area contributed by atoms with E-state index in [1.165, 1.54) is 0 Å². The van der Waals surface area contributed by atoms with Gasteiger partial charge in [0.05, 0.1) is 26.8 Å². The fourth-order valence-electron chi connectivity index (χ4n) is 3.37. The number of amides is 1. The molecule has 4 aromatic rings. The van der Waals surface area contributed by atoms with Gasteiger partial charge >= 0.3 is 0 Å². The van der Waals surface area contributed by atoms with Crippen molar-refractivity contribution in [3.63, 3.8) is 0 Å². The molecule has 0 aliphatic rings. The predicted molar refractivity (Wildman–Crippen MR) is 129 cm³/mol. The number of aromatic nitrogens is 1. The highest BCUT2D eigenvalue weighted by molar-refractivity contribution is 6.42. The van der Waals surface area contributed by atoms with Crippen LogP contribution in [0.2, 0.25) is 15.1 Å². The standard InChI is InChI=1S/C24H18Cl3N3O/c1-15-6-8-19(21(26)10-15)24(31)29-28-12-17-14-30(23-5-3-2-4-18(17)23)13-16-7-9-20(25)22(27)11-16/h2-12,14H,13H2,1H3,(H,29,31)/b28-12-. The van der Waals surface area contributed by atoms with E-state index in [4.69, 9.17) is 34.8 Å². The van der Waals surface area contributed by atoms with Crippen LogP contribution >= 0.6 is 34.8 Å². The molecule has 0 aliphatic heterocycles. The molecular formula is C24H18Cl3N3O. The third-order valence-corrected chi connectivity index (χ3v) is 5.95. The van der Waals surface area contributed by atoms with E-state index < -0.39 is 0 Å². The monoisotopic (exact) mass is 469 g/mol. The summed E-state index contributed by atoms with van der Waals surface area (Å²) >= 11 is 18.4. The molecule has 0 bridgehead atoms. The highest BCUT2D eigenvalue weighted by Gasteiger charge is 2.11. The van der Waals surface area contributed by atoms with E-state index in [1.807, 2.05) is 55.6 Å². The summed E-state index contributed by atoms with van der Waals surface area (Å²) in [5.41, 5.74) is 6.87. The number of rotatable bonds is 5. The Labute approximate surface area is 195 Å². The van der Waals surface area contributed by atoms with Crippen molar-refractivity contribution in [2.24, 2.45) is 5.10 Å². The van der Waals surface area contributed by atoms with Crippen molar-refractivity contribution >= 4 is 57.8 Å². The number of carbonyl (C=O) groups excluding carboxylic acids is 1. The molecule has 1 heterocycles. The third-order valence-electron chi connectivity index (χ3n) is 4.90. The first-order chi connectivity index (χ1) is 14.9. The summed E-state index contributed by atoms with van der Waals surface area (Å²) in [5, 5.41) is 6.61. The summed E-state index contributed by atoms with van der Waals surface area (Å²) in [6.45, 7) is 2.54. The Morgan fingerprint density at radius 1 is 1.00 bits per heavy atom. The van der Waals surface area contributed by atoms with Crippen molar-refractivity contribution in [3.8, 4) is 0 Å². The highest BCUT2D eigenvalue weighted by atomic mass is 35.5. The molecule has 0 saturated carbocycles. The minimum absolute atomic E-state index is 0.360. The van der Waals surface area contributed by atoms with Crippen molar-refractivity contribution in [1.29, 1.82) is 0 Å². The molecule has 1 N–H and O–H groups in total. The van der Waals surface area contributed by atoms with E-state index in [1.54, 1.807) is 24.4 Å². The van der Waals surface area contributed by atoms with E-state index in [0.29, 0.717) is 27.2 Å². The lowest BCUT2D eigenvalue weighted by atomic mass is 10.1. The van der Waals surface area contributed by atoms with Crippen LogP contribution in [0.3, 0.4) is 0 Å². The number of nitrogens with zero attached hydrogens (tertiary/aromatic N) is 2. The first-order valence-electron chi connectivity index (χ1n) is 9.54. The van der Waals surface area contributed by atoms with Crippen molar-refractivity contribution in [1.82, 2.24) is 9.99 Å². The van der Waals surface area contributed by atoms with E-state index in [9.17, 15) is 4.79 Å². The molecule has 0 fully saturated rings. The van der Waals surface area contributed by atoms with E-state index >= 15 is 0 Å². The molecule has 31 heavy (non-hydrogen) atoms. The van der Waals surface area contributed by atoms with Gasteiger partial charge in [0.15, 0.2) is 0 Å². The van der Waals surface area contributed by atoms with Gasteiger partial charge < -0.3 is 4.57 Å². The van der Waals surface area contributed by atoms with Crippen molar-refractivity contribution in [2.45, 2.75) is 13.5 Å². The molecule has 0 aliphatic carbocycles. The average Bonchev–Trinajstić information content (AvgIpc) is 3.08. The van der Waals surface area contributed by atoms with Gasteiger partial charge in [0, 0.05) is 29.2 Å². The zero-order valence-corrected chi connectivity index (χ0v) is 18.8. The van der Waals surface area contributed by atoms with Gasteiger partial charge in [0.2, 0.25) is 0 Å². The van der Waals surface area contributed by atoms with Crippen LogP contribution in [0.4, 0.5) is 0 Å². The molecule has 0 saturated heterocycles. The second-order valence-electron chi connectivity index (χ2n) is 7.16. The molecule has 1 aromatic heterocycles. The van der Waals surface area contributed by atoms with Gasteiger partial charge in [0.1, 0.15) is 0 Å². The van der Waals surface area contributed by atoms with Gasteiger partial charge in [0.25, 0.3) is 5.91 Å². The first kappa shape index (κ1) is 21.4. The fraction of sp³-hybridized carbons (Fsp3) is 0.0833. The Morgan fingerprint density at radius 3 is 2.58 bits per heavy atom. The first-order valence-corrected chi connectivity index (χ1v) is 10.7. The van der Waals surface area contributed by atoms with Crippen LogP contribution in [-0.2, 0) is 6.54 Å². The Bertz CT molecular complexity index is 1310. The lowest BCUT2D eigenvalue weighted by molar-refractivity contribution is 0.0955. The average molecular weight is 471 g/mol. The van der Waals surface area contributed by atoms with E-state index in [0.717, 1.165) is 27.6 Å². The van der Waals surface area contributed by atoms with Gasteiger partial charge in [-0.05, 0) is 48.4 Å². The maximum absolute atomic E-state index is 12.4. The Balaban J connectivity index is 1.58. The number of para-hydroxylation sites is 1. The smallest absolute Gasteiger partial charge is 0.272 e. The summed E-state index contributed by atoms with van der Waals surface area (Å²) < 4.78 is 2.11. The summed E-state index contributed by atoms with van der Waals surface area (Å²) in [5.74, 6) is -0.360. The number of nitrogens with one attached hydrogen (secondary N) is 1. The lowest BCUT2D eigenvalue weighted by Gasteiger charge is -2.06. The summed E-state index contributed by atoms with van der Waals surface area (Å²) in [7, 11) is 0. The molecule has 0 unspecified atom stereocenters. The summed E-state index contributed by atoms with van der Waals surface area (Å²) in [6, 6.07) is 18.9. The van der Waals surface area contributed by atoms with Crippen LogP contribution in [0.1, 0.15) is 27.0 Å². The maximum atomic E-state index is 12.4. The van der Waals surface area contributed by atoms with E-state index in [2.05, 4.69) is 15.1 Å². The number of hydrogen-bond donors (Lipinski definition) is 1. The largest absolute Gasteiger partial charge is 0.342 e. The molecule has 4 nitrogen and oxygen atoms in total. The van der Waals surface area contributed by atoms with Crippen LogP contribution in [0.25, 0.3) is 10.9 Å². The molecule has 0 radical (unpaired) electrons. The SMILES string of the molecule is Cc1ccc(C(=O)N/N=C\c2cn(Cc3ccc(Cl)c(Cl)c3)c3ccccc23)c(Cl)c1. The van der Waals surface area contributed by atoms with Crippen LogP contribution in [-0.4, -0.2) is 16.7 Å². The minimum Gasteiger partial charge on any atom is -0.342 e. The molecule has 4 rings (SSSR count). The molecule has 7 heteroatoms. The fourth-order valence-corrected chi connectivity index (χ4v) is 4.01.